The number of carbonyl (C=O) groups excluding carboxylic acids is 2. The van der Waals surface area contributed by atoms with E-state index in [1.165, 1.54) is 12.1 Å². The van der Waals surface area contributed by atoms with E-state index in [0.29, 0.717) is 30.9 Å². The van der Waals surface area contributed by atoms with Gasteiger partial charge in [-0.15, -0.1) is 0 Å². The van der Waals surface area contributed by atoms with Gasteiger partial charge in [0.15, 0.2) is 0 Å². The smallest absolute Gasteiger partial charge is 0.253 e. The second-order valence-electron chi connectivity index (χ2n) is 8.30. The number of halogens is 1. The lowest BCUT2D eigenvalue weighted by molar-refractivity contribution is -0.123. The molecule has 2 saturated heterocycles. The molecule has 0 bridgehead atoms. The van der Waals surface area contributed by atoms with Crippen molar-refractivity contribution >= 4 is 28.4 Å². The van der Waals surface area contributed by atoms with Crippen LogP contribution in [0.2, 0.25) is 0 Å². The Balaban J connectivity index is 1.39. The Morgan fingerprint density at radius 3 is 2.83 bits per heavy atom. The number of likely N-dealkylation sites (N-methyl/N-ethyl adjacent to an activating group) is 1. The summed E-state index contributed by atoms with van der Waals surface area (Å²) >= 11 is 0. The number of piperazine rings is 1. The first-order valence-electron chi connectivity index (χ1n) is 10.1. The van der Waals surface area contributed by atoms with Gasteiger partial charge in [0.25, 0.3) is 5.91 Å². The average molecular weight is 406 g/mol. The van der Waals surface area contributed by atoms with E-state index >= 15 is 0 Å². The Morgan fingerprint density at radius 1 is 1.13 bits per heavy atom. The van der Waals surface area contributed by atoms with Crippen molar-refractivity contribution in [3.05, 3.63) is 66.1 Å². The first-order valence-corrected chi connectivity index (χ1v) is 10.1. The number of hydrogen-bond acceptors (Lipinski definition) is 3. The first-order chi connectivity index (χ1) is 14.4. The number of rotatable bonds is 2. The van der Waals surface area contributed by atoms with Gasteiger partial charge in [0.1, 0.15) is 5.82 Å². The highest BCUT2D eigenvalue weighted by Gasteiger charge is 2.48. The first kappa shape index (κ1) is 18.8. The molecule has 2 aliphatic rings. The number of hydrogen-bond donors (Lipinski definition) is 1. The van der Waals surface area contributed by atoms with Crippen molar-refractivity contribution in [2.45, 2.75) is 12.0 Å². The zero-order chi connectivity index (χ0) is 20.9. The molecule has 0 aliphatic carbocycles. The van der Waals surface area contributed by atoms with E-state index in [-0.39, 0.29) is 29.7 Å². The number of benzene rings is 2. The topological polar surface area (TPSA) is 59.7 Å². The molecule has 3 aromatic rings. The van der Waals surface area contributed by atoms with Crippen molar-refractivity contribution in [1.82, 2.24) is 14.8 Å². The summed E-state index contributed by atoms with van der Waals surface area (Å²) in [6, 6.07) is 13.8. The molecule has 6 nitrogen and oxygen atoms in total. The molecule has 2 aromatic carbocycles. The Kier molecular flexibility index (Phi) is 4.36. The number of aromatic nitrogens is 1. The Morgan fingerprint density at radius 2 is 2.00 bits per heavy atom. The van der Waals surface area contributed by atoms with Gasteiger partial charge in [-0.1, -0.05) is 6.07 Å². The molecule has 2 fully saturated rings. The van der Waals surface area contributed by atoms with Crippen molar-refractivity contribution in [3.8, 4) is 0 Å². The maximum absolute atomic E-state index is 13.7. The van der Waals surface area contributed by atoms with E-state index in [1.807, 2.05) is 47.3 Å². The molecule has 1 atom stereocenters. The largest absolute Gasteiger partial charge is 0.361 e. The van der Waals surface area contributed by atoms with Crippen molar-refractivity contribution in [3.63, 3.8) is 0 Å². The Labute approximate surface area is 173 Å². The minimum atomic E-state index is -0.364. The van der Waals surface area contributed by atoms with E-state index in [4.69, 9.17) is 0 Å². The number of anilines is 1. The Bertz CT molecular complexity index is 1140. The van der Waals surface area contributed by atoms with Gasteiger partial charge in [0.2, 0.25) is 5.91 Å². The van der Waals surface area contributed by atoms with Crippen LogP contribution in [-0.4, -0.2) is 65.4 Å². The lowest BCUT2D eigenvalue weighted by Crippen LogP contribution is -2.64. The number of aromatic amines is 1. The highest BCUT2D eigenvalue weighted by atomic mass is 19.1. The van der Waals surface area contributed by atoms with E-state index in [0.717, 1.165) is 17.3 Å². The quantitative estimate of drug-likeness (QED) is 0.712. The maximum Gasteiger partial charge on any atom is 0.253 e. The fraction of sp³-hybridized carbons (Fsp3) is 0.304. The molecule has 0 unspecified atom stereocenters. The van der Waals surface area contributed by atoms with Gasteiger partial charge in [-0.25, -0.2) is 4.39 Å². The molecule has 154 valence electrons. The third-order valence-corrected chi connectivity index (χ3v) is 6.48. The van der Waals surface area contributed by atoms with Crippen LogP contribution in [0.1, 0.15) is 16.8 Å². The van der Waals surface area contributed by atoms with E-state index in [9.17, 15) is 14.0 Å². The zero-order valence-corrected chi connectivity index (χ0v) is 16.8. The van der Waals surface area contributed by atoms with E-state index < -0.39 is 0 Å². The van der Waals surface area contributed by atoms with Crippen LogP contribution in [0.25, 0.3) is 10.9 Å². The Hall–Kier alpha value is -3.19. The lowest BCUT2D eigenvalue weighted by Gasteiger charge is -2.46. The number of fused-ring (bicyclic) bond motifs is 1. The van der Waals surface area contributed by atoms with Crippen molar-refractivity contribution in [1.29, 1.82) is 0 Å². The molecular formula is C23H23FN4O2. The normalized spacial score (nSPS) is 22.4. The van der Waals surface area contributed by atoms with Crippen LogP contribution in [0.3, 0.4) is 0 Å². The molecule has 1 spiro atoms. The molecule has 2 aliphatic heterocycles. The van der Waals surface area contributed by atoms with E-state index in [2.05, 4.69) is 4.98 Å². The summed E-state index contributed by atoms with van der Waals surface area (Å²) < 4.78 is 13.7. The predicted molar refractivity (Wildman–Crippen MR) is 113 cm³/mol. The molecule has 7 heteroatoms. The summed E-state index contributed by atoms with van der Waals surface area (Å²) in [5.41, 5.74) is 1.89. The second kappa shape index (κ2) is 6.95. The summed E-state index contributed by atoms with van der Waals surface area (Å²) in [5, 5.41) is 1.01. The minimum Gasteiger partial charge on any atom is -0.361 e. The minimum absolute atomic E-state index is 0.00224. The van der Waals surface area contributed by atoms with E-state index in [1.54, 1.807) is 17.0 Å². The highest BCUT2D eigenvalue weighted by Crippen LogP contribution is 2.34. The van der Waals surface area contributed by atoms with Crippen LogP contribution in [0.5, 0.6) is 0 Å². The lowest BCUT2D eigenvalue weighted by atomic mass is 9.92. The molecule has 0 saturated carbocycles. The van der Waals surface area contributed by atoms with Gasteiger partial charge >= 0.3 is 0 Å². The average Bonchev–Trinajstić information content (AvgIpc) is 3.38. The number of likely N-dealkylation sites (tertiary alicyclic amines) is 1. The van der Waals surface area contributed by atoms with Crippen molar-refractivity contribution in [2.75, 3.05) is 38.1 Å². The van der Waals surface area contributed by atoms with Gasteiger partial charge in [-0.2, -0.15) is 0 Å². The molecule has 30 heavy (non-hydrogen) atoms. The summed E-state index contributed by atoms with van der Waals surface area (Å²) in [4.78, 5) is 34.6. The van der Waals surface area contributed by atoms with Gasteiger partial charge in [0, 0.05) is 48.0 Å². The fourth-order valence-electron chi connectivity index (χ4n) is 4.68. The van der Waals surface area contributed by atoms with Crippen LogP contribution in [0, 0.1) is 5.82 Å². The van der Waals surface area contributed by atoms with Crippen LogP contribution in [-0.2, 0) is 4.79 Å². The van der Waals surface area contributed by atoms with Gasteiger partial charge in [-0.3, -0.25) is 14.5 Å². The number of amides is 2. The van der Waals surface area contributed by atoms with Crippen molar-refractivity contribution in [2.24, 2.45) is 0 Å². The summed E-state index contributed by atoms with van der Waals surface area (Å²) in [7, 11) is 1.93. The molecule has 1 aromatic heterocycles. The monoisotopic (exact) mass is 406 g/mol. The van der Waals surface area contributed by atoms with Gasteiger partial charge in [0.05, 0.1) is 12.1 Å². The van der Waals surface area contributed by atoms with Crippen LogP contribution in [0.4, 0.5) is 10.1 Å². The predicted octanol–water partition coefficient (Wildman–Crippen LogP) is 2.87. The number of nitrogens with one attached hydrogen (secondary N) is 1. The van der Waals surface area contributed by atoms with Crippen LogP contribution in [0.15, 0.2) is 54.7 Å². The second-order valence-corrected chi connectivity index (χ2v) is 8.30. The third-order valence-electron chi connectivity index (χ3n) is 6.48. The van der Waals surface area contributed by atoms with Crippen molar-refractivity contribution < 1.29 is 14.0 Å². The maximum atomic E-state index is 13.7. The molecule has 3 heterocycles. The van der Waals surface area contributed by atoms with Crippen LogP contribution >= 0.6 is 0 Å². The third kappa shape index (κ3) is 3.06. The number of carbonyl (C=O) groups is 2. The fourth-order valence-corrected chi connectivity index (χ4v) is 4.68. The molecule has 2 amide bonds. The van der Waals surface area contributed by atoms with Crippen LogP contribution < -0.4 is 4.90 Å². The summed E-state index contributed by atoms with van der Waals surface area (Å²) in [5.74, 6) is -0.425. The molecular weight excluding hydrogens is 383 g/mol. The van der Waals surface area contributed by atoms with Gasteiger partial charge in [-0.05, 0) is 55.9 Å². The van der Waals surface area contributed by atoms with Gasteiger partial charge < -0.3 is 14.8 Å². The number of nitrogens with zero attached hydrogens (tertiary/aromatic N) is 3. The number of H-pyrrole nitrogens is 1. The molecule has 0 radical (unpaired) electrons. The zero-order valence-electron chi connectivity index (χ0n) is 16.8. The molecule has 5 rings (SSSR count). The SMILES string of the molecule is CN1CC(=O)N(c2cccc(F)c2)C[C@]12CCN(C(=O)c1ccc3[nH]ccc3c1)C2. The summed E-state index contributed by atoms with van der Waals surface area (Å²) in [6.07, 6.45) is 2.62. The standard InChI is InChI=1S/C23H23FN4O2/c1-26-13-21(29)28(19-4-2-3-18(24)12-19)15-23(26)8-10-27(14-23)22(30)17-5-6-20-16(11-17)7-9-25-20/h2-7,9,11-12,25H,8,10,13-15H2,1H3/t23-/m1/s1. The molecule has 1 N–H and O–H groups in total. The summed E-state index contributed by atoms with van der Waals surface area (Å²) in [6.45, 7) is 1.84. The highest BCUT2D eigenvalue weighted by molar-refractivity contribution is 5.99.